The summed E-state index contributed by atoms with van der Waals surface area (Å²) in [6, 6.07) is 13.3. The molecule has 0 aromatic heterocycles. The fourth-order valence-corrected chi connectivity index (χ4v) is 4.12. The summed E-state index contributed by atoms with van der Waals surface area (Å²) < 4.78 is 1.09. The van der Waals surface area contributed by atoms with Crippen molar-refractivity contribution >= 4 is 33.3 Å². The Bertz CT molecular complexity index is 746. The summed E-state index contributed by atoms with van der Waals surface area (Å²) in [5.41, 5.74) is 4.32. The molecule has 0 saturated heterocycles. The van der Waals surface area contributed by atoms with Gasteiger partial charge in [0.05, 0.1) is 0 Å². The molecule has 3 rings (SSSR count). The number of nitrogens with zero attached hydrogens (tertiary/aromatic N) is 1. The number of amides is 2. The number of halogens is 1. The highest BCUT2D eigenvalue weighted by Gasteiger charge is 2.22. The molecule has 0 aliphatic heterocycles. The maximum Gasteiger partial charge on any atom is 0.323 e. The van der Waals surface area contributed by atoms with Crippen LogP contribution in [0.2, 0.25) is 0 Å². The van der Waals surface area contributed by atoms with Crippen molar-refractivity contribution in [3.05, 3.63) is 58.1 Å². The van der Waals surface area contributed by atoms with Gasteiger partial charge in [0.25, 0.3) is 0 Å². The van der Waals surface area contributed by atoms with E-state index in [9.17, 15) is 4.79 Å². The third kappa shape index (κ3) is 4.83. The first-order valence-corrected chi connectivity index (χ1v) is 9.39. The van der Waals surface area contributed by atoms with E-state index in [2.05, 4.69) is 51.6 Å². The molecule has 4 nitrogen and oxygen atoms in total. The molecule has 25 heavy (non-hydrogen) atoms. The van der Waals surface area contributed by atoms with Crippen LogP contribution in [0.4, 0.5) is 16.2 Å². The number of hydrogen-bond acceptors (Lipinski definition) is 2. The topological polar surface area (TPSA) is 44.4 Å². The molecule has 1 atom stereocenters. The Hall–Kier alpha value is -1.85. The molecular formula is C20H24BrN3O. The van der Waals surface area contributed by atoms with E-state index in [0.29, 0.717) is 5.92 Å². The minimum absolute atomic E-state index is 0.223. The molecule has 2 N–H and O–H groups in total. The van der Waals surface area contributed by atoms with Crippen LogP contribution in [0.5, 0.6) is 0 Å². The smallest absolute Gasteiger partial charge is 0.309 e. The number of anilines is 2. The second-order valence-electron chi connectivity index (χ2n) is 6.91. The van der Waals surface area contributed by atoms with Crippen molar-refractivity contribution < 1.29 is 4.79 Å². The fourth-order valence-electron chi connectivity index (χ4n) is 3.45. The summed E-state index contributed by atoms with van der Waals surface area (Å²) in [4.78, 5) is 14.4. The maximum absolute atomic E-state index is 12.2. The molecule has 0 radical (unpaired) electrons. The van der Waals surface area contributed by atoms with E-state index in [1.54, 1.807) is 0 Å². The van der Waals surface area contributed by atoms with Crippen LogP contribution in [0.3, 0.4) is 0 Å². The number of aryl methyl sites for hydroxylation is 1. The summed E-state index contributed by atoms with van der Waals surface area (Å²) in [5.74, 6) is 0.694. The van der Waals surface area contributed by atoms with Gasteiger partial charge in [-0.25, -0.2) is 4.79 Å². The predicted octanol–water partition coefficient (Wildman–Crippen LogP) is 4.76. The molecule has 0 spiro atoms. The molecule has 2 aromatic carbocycles. The second-order valence-corrected chi connectivity index (χ2v) is 7.77. The second kappa shape index (κ2) is 8.02. The first kappa shape index (κ1) is 18.0. The number of para-hydroxylation sites is 1. The number of nitrogens with one attached hydrogen (secondary N) is 2. The Balaban J connectivity index is 1.68. The lowest BCUT2D eigenvalue weighted by atomic mass is 9.83. The molecule has 0 heterocycles. The Morgan fingerprint density at radius 1 is 1.16 bits per heavy atom. The van der Waals surface area contributed by atoms with E-state index in [0.717, 1.165) is 35.2 Å². The molecular weight excluding hydrogens is 378 g/mol. The van der Waals surface area contributed by atoms with Gasteiger partial charge in [0.1, 0.15) is 0 Å². The van der Waals surface area contributed by atoms with Gasteiger partial charge in [0.2, 0.25) is 0 Å². The first-order chi connectivity index (χ1) is 12.0. The highest BCUT2D eigenvalue weighted by molar-refractivity contribution is 9.10. The standard InChI is InChI=1S/C20H24BrN3O/c1-24(2)13-14-8-9-15-11-17(12-19(21)18(15)10-14)23-20(25)22-16-6-4-3-5-7-16/h3-7,11-12,14H,8-10,13H2,1-2H3,(H2,22,23,25). The van der Waals surface area contributed by atoms with E-state index in [-0.39, 0.29) is 6.03 Å². The Morgan fingerprint density at radius 3 is 2.60 bits per heavy atom. The highest BCUT2D eigenvalue weighted by atomic mass is 79.9. The molecule has 0 bridgehead atoms. The van der Waals surface area contributed by atoms with Crippen LogP contribution < -0.4 is 10.6 Å². The lowest BCUT2D eigenvalue weighted by molar-refractivity contribution is 0.262. The van der Waals surface area contributed by atoms with Gasteiger partial charge in [0, 0.05) is 22.4 Å². The predicted molar refractivity (Wildman–Crippen MR) is 107 cm³/mol. The van der Waals surface area contributed by atoms with Crippen molar-refractivity contribution in [3.8, 4) is 0 Å². The van der Waals surface area contributed by atoms with Crippen LogP contribution in [0, 0.1) is 5.92 Å². The number of rotatable bonds is 4. The molecule has 132 valence electrons. The number of hydrogen-bond donors (Lipinski definition) is 2. The third-order valence-corrected chi connectivity index (χ3v) is 5.22. The number of benzene rings is 2. The summed E-state index contributed by atoms with van der Waals surface area (Å²) in [6.45, 7) is 1.12. The summed E-state index contributed by atoms with van der Waals surface area (Å²) in [6.07, 6.45) is 3.34. The largest absolute Gasteiger partial charge is 0.323 e. The van der Waals surface area contributed by atoms with Gasteiger partial charge >= 0.3 is 6.03 Å². The molecule has 0 saturated carbocycles. The maximum atomic E-state index is 12.2. The van der Waals surface area contributed by atoms with Crippen molar-refractivity contribution in [2.45, 2.75) is 19.3 Å². The van der Waals surface area contributed by atoms with E-state index < -0.39 is 0 Å². The zero-order valence-corrected chi connectivity index (χ0v) is 16.3. The quantitative estimate of drug-likeness (QED) is 0.775. The Kier molecular flexibility index (Phi) is 5.76. The van der Waals surface area contributed by atoms with E-state index in [1.807, 2.05) is 36.4 Å². The van der Waals surface area contributed by atoms with Crippen molar-refractivity contribution in [2.75, 3.05) is 31.3 Å². The van der Waals surface area contributed by atoms with E-state index >= 15 is 0 Å². The lowest BCUT2D eigenvalue weighted by Crippen LogP contribution is -2.27. The van der Waals surface area contributed by atoms with Crippen molar-refractivity contribution in [1.29, 1.82) is 0 Å². The lowest BCUT2D eigenvalue weighted by Gasteiger charge is -2.28. The third-order valence-electron chi connectivity index (χ3n) is 4.52. The van der Waals surface area contributed by atoms with E-state index in [4.69, 9.17) is 0 Å². The molecule has 1 aliphatic carbocycles. The number of urea groups is 1. The fraction of sp³-hybridized carbons (Fsp3) is 0.350. The van der Waals surface area contributed by atoms with Crippen molar-refractivity contribution in [3.63, 3.8) is 0 Å². The molecule has 1 aliphatic rings. The van der Waals surface area contributed by atoms with Gasteiger partial charge in [-0.05, 0) is 74.7 Å². The van der Waals surface area contributed by atoms with Gasteiger partial charge in [0.15, 0.2) is 0 Å². The Labute approximate surface area is 157 Å². The van der Waals surface area contributed by atoms with E-state index in [1.165, 1.54) is 17.5 Å². The van der Waals surface area contributed by atoms with Gasteiger partial charge in [-0.1, -0.05) is 34.1 Å². The molecule has 5 heteroatoms. The van der Waals surface area contributed by atoms with Crippen molar-refractivity contribution in [2.24, 2.45) is 5.92 Å². The molecule has 2 aromatic rings. The van der Waals surface area contributed by atoms with Crippen LogP contribution in [0.25, 0.3) is 0 Å². The molecule has 0 fully saturated rings. The van der Waals surface area contributed by atoms with Crippen LogP contribution >= 0.6 is 15.9 Å². The number of carbonyl (C=O) groups is 1. The molecule has 2 amide bonds. The molecule has 1 unspecified atom stereocenters. The van der Waals surface area contributed by atoms with Crippen LogP contribution in [0.15, 0.2) is 46.9 Å². The summed E-state index contributed by atoms with van der Waals surface area (Å²) >= 11 is 3.70. The monoisotopic (exact) mass is 401 g/mol. The SMILES string of the molecule is CN(C)CC1CCc2cc(NC(=O)Nc3ccccc3)cc(Br)c2C1. The zero-order valence-electron chi connectivity index (χ0n) is 14.7. The van der Waals surface area contributed by atoms with Crippen LogP contribution in [-0.2, 0) is 12.8 Å². The first-order valence-electron chi connectivity index (χ1n) is 8.60. The van der Waals surface area contributed by atoms with Crippen molar-refractivity contribution in [1.82, 2.24) is 4.90 Å². The van der Waals surface area contributed by atoms with Gasteiger partial charge in [-0.15, -0.1) is 0 Å². The van der Waals surface area contributed by atoms with Crippen LogP contribution in [0.1, 0.15) is 17.5 Å². The van der Waals surface area contributed by atoms with Crippen LogP contribution in [-0.4, -0.2) is 31.6 Å². The minimum atomic E-state index is -0.223. The number of carbonyl (C=O) groups excluding carboxylic acids is 1. The summed E-state index contributed by atoms with van der Waals surface area (Å²) in [5, 5.41) is 5.78. The van der Waals surface area contributed by atoms with Gasteiger partial charge < -0.3 is 15.5 Å². The minimum Gasteiger partial charge on any atom is -0.309 e. The number of fused-ring (bicyclic) bond motifs is 1. The average Bonchev–Trinajstić information content (AvgIpc) is 2.56. The van der Waals surface area contributed by atoms with Gasteiger partial charge in [-0.3, -0.25) is 0 Å². The average molecular weight is 402 g/mol. The summed E-state index contributed by atoms with van der Waals surface area (Å²) in [7, 11) is 4.26. The normalized spacial score (nSPS) is 16.4. The highest BCUT2D eigenvalue weighted by Crippen LogP contribution is 2.34. The zero-order chi connectivity index (χ0) is 17.8. The Morgan fingerprint density at radius 2 is 1.88 bits per heavy atom. The van der Waals surface area contributed by atoms with Gasteiger partial charge in [-0.2, -0.15) is 0 Å².